The fourth-order valence-corrected chi connectivity index (χ4v) is 3.77. The second-order valence-electron chi connectivity index (χ2n) is 8.22. The zero-order chi connectivity index (χ0) is 20.3. The van der Waals surface area contributed by atoms with E-state index >= 15 is 0 Å². The van der Waals surface area contributed by atoms with Gasteiger partial charge in [-0.05, 0) is 32.4 Å². The van der Waals surface area contributed by atoms with E-state index in [1.807, 2.05) is 35.1 Å². The first-order valence-electron chi connectivity index (χ1n) is 9.62. The third-order valence-electron chi connectivity index (χ3n) is 5.13. The summed E-state index contributed by atoms with van der Waals surface area (Å²) in [6.45, 7) is 10.6. The van der Waals surface area contributed by atoms with Gasteiger partial charge in [0.15, 0.2) is 0 Å². The second-order valence-corrected chi connectivity index (χ2v) is 8.63. The number of piperazine rings is 1. The average Bonchev–Trinajstić information content (AvgIpc) is 3.13. The predicted octanol–water partition coefficient (Wildman–Crippen LogP) is 3.32. The number of nitrogens with zero attached hydrogens (tertiary/aromatic N) is 4. The van der Waals surface area contributed by atoms with Crippen LogP contribution in [0.1, 0.15) is 37.9 Å². The topological polar surface area (TPSA) is 50.6 Å². The van der Waals surface area contributed by atoms with Crippen LogP contribution in [0.2, 0.25) is 5.02 Å². The number of aromatic nitrogens is 2. The lowest BCUT2D eigenvalue weighted by Crippen LogP contribution is -2.49. The second kappa shape index (κ2) is 8.64. The number of methoxy groups -OCH3 is 1. The van der Waals surface area contributed by atoms with Crippen molar-refractivity contribution in [1.82, 2.24) is 19.6 Å². The smallest absolute Gasteiger partial charge is 0.327 e. The van der Waals surface area contributed by atoms with Crippen LogP contribution in [-0.4, -0.2) is 58.8 Å². The number of hydrogen-bond acceptors (Lipinski definition) is 5. The van der Waals surface area contributed by atoms with Gasteiger partial charge in [0.2, 0.25) is 0 Å². The van der Waals surface area contributed by atoms with Crippen molar-refractivity contribution in [3.63, 3.8) is 0 Å². The van der Waals surface area contributed by atoms with Crippen molar-refractivity contribution in [3.8, 4) is 0 Å². The molecule has 0 spiro atoms. The Balaban J connectivity index is 1.65. The van der Waals surface area contributed by atoms with Crippen molar-refractivity contribution >= 4 is 17.6 Å². The lowest BCUT2D eigenvalue weighted by atomic mass is 10.0. The SMILES string of the molecule is COC(=O)C(c1ccccc1Cl)N1CCN(Cc2cnn(C(C)(C)C)c2)CC1. The van der Waals surface area contributed by atoms with Crippen LogP contribution >= 0.6 is 11.6 Å². The highest BCUT2D eigenvalue weighted by Crippen LogP contribution is 2.29. The molecule has 1 atom stereocenters. The van der Waals surface area contributed by atoms with Gasteiger partial charge in [0.1, 0.15) is 6.04 Å². The van der Waals surface area contributed by atoms with Gasteiger partial charge in [-0.1, -0.05) is 29.8 Å². The van der Waals surface area contributed by atoms with E-state index in [0.717, 1.165) is 38.3 Å². The normalized spacial score (nSPS) is 17.5. The van der Waals surface area contributed by atoms with Crippen LogP contribution in [-0.2, 0) is 21.6 Å². The zero-order valence-corrected chi connectivity index (χ0v) is 17.8. The molecule has 1 fully saturated rings. The summed E-state index contributed by atoms with van der Waals surface area (Å²) in [6.07, 6.45) is 4.06. The average molecular weight is 405 g/mol. The third kappa shape index (κ3) is 4.74. The van der Waals surface area contributed by atoms with E-state index in [2.05, 4.69) is 41.9 Å². The van der Waals surface area contributed by atoms with E-state index in [1.54, 1.807) is 0 Å². The lowest BCUT2D eigenvalue weighted by molar-refractivity contribution is -0.148. The van der Waals surface area contributed by atoms with Gasteiger partial charge in [0.25, 0.3) is 0 Å². The highest BCUT2D eigenvalue weighted by molar-refractivity contribution is 6.31. The van der Waals surface area contributed by atoms with Crippen LogP contribution in [0.15, 0.2) is 36.7 Å². The molecule has 1 aliphatic heterocycles. The minimum atomic E-state index is -0.468. The molecule has 7 heteroatoms. The first-order valence-corrected chi connectivity index (χ1v) is 10.00. The molecule has 0 bridgehead atoms. The molecule has 0 N–H and O–H groups in total. The summed E-state index contributed by atoms with van der Waals surface area (Å²) in [6, 6.07) is 7.02. The molecule has 2 heterocycles. The number of hydrogen-bond donors (Lipinski definition) is 0. The minimum absolute atomic E-state index is 0.0143. The Morgan fingerprint density at radius 2 is 1.89 bits per heavy atom. The van der Waals surface area contributed by atoms with Gasteiger partial charge < -0.3 is 4.74 Å². The molecule has 0 aliphatic carbocycles. The highest BCUT2D eigenvalue weighted by Gasteiger charge is 2.32. The van der Waals surface area contributed by atoms with Crippen molar-refractivity contribution in [2.45, 2.75) is 38.9 Å². The molecule has 6 nitrogen and oxygen atoms in total. The van der Waals surface area contributed by atoms with Gasteiger partial charge in [0.05, 0.1) is 18.8 Å². The molecule has 1 saturated heterocycles. The maximum absolute atomic E-state index is 12.5. The van der Waals surface area contributed by atoms with Crippen molar-refractivity contribution in [2.24, 2.45) is 0 Å². The maximum Gasteiger partial charge on any atom is 0.327 e. The summed E-state index contributed by atoms with van der Waals surface area (Å²) < 4.78 is 7.07. The Kier molecular flexibility index (Phi) is 6.43. The maximum atomic E-state index is 12.5. The standard InChI is InChI=1S/C21H29ClN4O2/c1-21(2,3)26-15-16(13-23-26)14-24-9-11-25(12-10-24)19(20(27)28-4)17-7-5-6-8-18(17)22/h5-8,13,15,19H,9-12,14H2,1-4H3. The Labute approximate surface area is 172 Å². The van der Waals surface area contributed by atoms with Crippen LogP contribution in [0, 0.1) is 0 Å². The molecule has 0 amide bonds. The molecule has 28 heavy (non-hydrogen) atoms. The van der Waals surface area contributed by atoms with Crippen molar-refractivity contribution in [2.75, 3.05) is 33.3 Å². The number of rotatable bonds is 5. The van der Waals surface area contributed by atoms with Crippen molar-refractivity contribution < 1.29 is 9.53 Å². The molecule has 2 aromatic rings. The van der Waals surface area contributed by atoms with E-state index in [4.69, 9.17) is 16.3 Å². The van der Waals surface area contributed by atoms with Crippen molar-refractivity contribution in [1.29, 1.82) is 0 Å². The summed E-state index contributed by atoms with van der Waals surface area (Å²) in [7, 11) is 1.43. The summed E-state index contributed by atoms with van der Waals surface area (Å²) in [5.74, 6) is -0.270. The number of ether oxygens (including phenoxy) is 1. The van der Waals surface area contributed by atoms with Crippen molar-refractivity contribution in [3.05, 3.63) is 52.8 Å². The Morgan fingerprint density at radius 1 is 1.21 bits per heavy atom. The van der Waals surface area contributed by atoms with E-state index in [9.17, 15) is 4.79 Å². The molecule has 1 aromatic carbocycles. The van der Waals surface area contributed by atoms with Gasteiger partial charge in [-0.2, -0.15) is 5.10 Å². The quantitative estimate of drug-likeness (QED) is 0.715. The molecule has 1 unspecified atom stereocenters. The Bertz CT molecular complexity index is 807. The molecular weight excluding hydrogens is 376 g/mol. The minimum Gasteiger partial charge on any atom is -0.468 e. The summed E-state index contributed by atoms with van der Waals surface area (Å²) in [5, 5.41) is 5.08. The van der Waals surface area contributed by atoms with Crippen LogP contribution in [0.25, 0.3) is 0 Å². The largest absolute Gasteiger partial charge is 0.468 e. The number of esters is 1. The van der Waals surface area contributed by atoms with Gasteiger partial charge >= 0.3 is 5.97 Å². The Morgan fingerprint density at radius 3 is 2.46 bits per heavy atom. The molecule has 3 rings (SSSR count). The van der Waals surface area contributed by atoms with Gasteiger partial charge in [-0.3, -0.25) is 14.5 Å². The van der Waals surface area contributed by atoms with Crippen LogP contribution < -0.4 is 0 Å². The first-order chi connectivity index (χ1) is 13.3. The zero-order valence-electron chi connectivity index (χ0n) is 17.1. The number of halogens is 1. The molecule has 1 aliphatic rings. The van der Waals surface area contributed by atoms with Gasteiger partial charge in [-0.15, -0.1) is 0 Å². The molecule has 0 saturated carbocycles. The fourth-order valence-electron chi connectivity index (χ4n) is 3.53. The van der Waals surface area contributed by atoms with Crippen LogP contribution in [0.3, 0.4) is 0 Å². The fraction of sp³-hybridized carbons (Fsp3) is 0.524. The van der Waals surface area contributed by atoms with Gasteiger partial charge in [-0.25, -0.2) is 4.79 Å². The van der Waals surface area contributed by atoms with Crippen LogP contribution in [0.4, 0.5) is 0 Å². The number of carbonyl (C=O) groups is 1. The van der Waals surface area contributed by atoms with E-state index in [-0.39, 0.29) is 11.5 Å². The summed E-state index contributed by atoms with van der Waals surface area (Å²) in [4.78, 5) is 17.0. The molecular formula is C21H29ClN4O2. The van der Waals surface area contributed by atoms with E-state index in [0.29, 0.717) is 5.02 Å². The monoisotopic (exact) mass is 404 g/mol. The lowest BCUT2D eigenvalue weighted by Gasteiger charge is -2.38. The number of carbonyl (C=O) groups excluding carboxylic acids is 1. The predicted molar refractivity (Wildman–Crippen MR) is 110 cm³/mol. The Hall–Kier alpha value is -1.89. The van der Waals surface area contributed by atoms with Gasteiger partial charge in [0, 0.05) is 49.5 Å². The van der Waals surface area contributed by atoms with E-state index < -0.39 is 6.04 Å². The first kappa shape index (κ1) is 20.8. The molecule has 1 aromatic heterocycles. The third-order valence-corrected chi connectivity index (χ3v) is 5.47. The molecule has 152 valence electrons. The van der Waals surface area contributed by atoms with Crippen LogP contribution in [0.5, 0.6) is 0 Å². The highest BCUT2D eigenvalue weighted by atomic mass is 35.5. The van der Waals surface area contributed by atoms with E-state index in [1.165, 1.54) is 12.7 Å². The summed E-state index contributed by atoms with van der Waals surface area (Å²) >= 11 is 6.36. The number of benzene rings is 1. The molecule has 0 radical (unpaired) electrons. The summed E-state index contributed by atoms with van der Waals surface area (Å²) in [5.41, 5.74) is 1.99.